The lowest BCUT2D eigenvalue weighted by molar-refractivity contribution is 0.0232. The number of methoxy groups -OCH3 is 1. The second kappa shape index (κ2) is 12.7. The minimum Gasteiger partial charge on any atom is -0.490 e. The molecule has 2 amide bonds. The van der Waals surface area contributed by atoms with Crippen LogP contribution >= 0.6 is 0 Å². The van der Waals surface area contributed by atoms with E-state index in [2.05, 4.69) is 10.3 Å². The molecule has 0 aliphatic heterocycles. The predicted octanol–water partition coefficient (Wildman–Crippen LogP) is 3.66. The van der Waals surface area contributed by atoms with Crippen molar-refractivity contribution in [2.75, 3.05) is 33.4 Å². The van der Waals surface area contributed by atoms with Gasteiger partial charge in [0, 0.05) is 32.6 Å². The molecule has 0 saturated carbocycles. The molecule has 0 spiro atoms. The maximum absolute atomic E-state index is 12.7. The van der Waals surface area contributed by atoms with Gasteiger partial charge >= 0.3 is 6.09 Å². The number of rotatable bonds is 11. The monoisotopic (exact) mass is 443 g/mol. The number of carbonyl (C=O) groups excluding carboxylic acids is 2. The minimum atomic E-state index is -0.592. The Labute approximate surface area is 189 Å². The molecule has 2 rings (SSSR count). The van der Waals surface area contributed by atoms with E-state index in [4.69, 9.17) is 14.2 Å². The highest BCUT2D eigenvalue weighted by molar-refractivity contribution is 5.96. The van der Waals surface area contributed by atoms with E-state index in [9.17, 15) is 9.59 Å². The first kappa shape index (κ1) is 25.1. The first-order valence-electron chi connectivity index (χ1n) is 10.7. The summed E-state index contributed by atoms with van der Waals surface area (Å²) in [7, 11) is 1.59. The Bertz CT molecular complexity index is 852. The third kappa shape index (κ3) is 8.93. The molecule has 0 unspecified atom stereocenters. The lowest BCUT2D eigenvalue weighted by Gasteiger charge is -2.27. The average molecular weight is 444 g/mol. The molecule has 8 nitrogen and oxygen atoms in total. The highest BCUT2D eigenvalue weighted by Crippen LogP contribution is 2.18. The van der Waals surface area contributed by atoms with E-state index >= 15 is 0 Å². The molecule has 1 aromatic heterocycles. The first-order valence-corrected chi connectivity index (χ1v) is 10.7. The van der Waals surface area contributed by atoms with E-state index in [1.165, 1.54) is 0 Å². The molecular formula is C24H33N3O5. The van der Waals surface area contributed by atoms with Crippen molar-refractivity contribution in [3.05, 3.63) is 59.9 Å². The van der Waals surface area contributed by atoms with E-state index in [0.29, 0.717) is 50.6 Å². The Morgan fingerprint density at radius 2 is 1.88 bits per heavy atom. The Morgan fingerprint density at radius 1 is 1.09 bits per heavy atom. The minimum absolute atomic E-state index is 0.228. The zero-order chi connectivity index (χ0) is 23.4. The average Bonchev–Trinajstić information content (AvgIpc) is 2.75. The number of amides is 2. The third-order valence-corrected chi connectivity index (χ3v) is 4.31. The van der Waals surface area contributed by atoms with Crippen LogP contribution in [-0.2, 0) is 16.0 Å². The van der Waals surface area contributed by atoms with Crippen molar-refractivity contribution >= 4 is 12.0 Å². The van der Waals surface area contributed by atoms with Crippen molar-refractivity contribution in [1.82, 2.24) is 15.2 Å². The van der Waals surface area contributed by atoms with Crippen LogP contribution in [0.5, 0.6) is 5.75 Å². The normalized spacial score (nSPS) is 11.0. The molecule has 1 aromatic carbocycles. The molecule has 0 aliphatic rings. The van der Waals surface area contributed by atoms with Gasteiger partial charge in [-0.2, -0.15) is 0 Å². The number of pyridine rings is 1. The van der Waals surface area contributed by atoms with E-state index in [1.54, 1.807) is 42.6 Å². The van der Waals surface area contributed by atoms with Gasteiger partial charge in [0.2, 0.25) is 0 Å². The fourth-order valence-corrected chi connectivity index (χ4v) is 2.86. The number of ether oxygens (including phenoxy) is 3. The topological polar surface area (TPSA) is 90.0 Å². The van der Waals surface area contributed by atoms with Crippen LogP contribution in [0, 0.1) is 0 Å². The van der Waals surface area contributed by atoms with Gasteiger partial charge in [0.15, 0.2) is 0 Å². The highest BCUT2D eigenvalue weighted by Gasteiger charge is 2.22. The van der Waals surface area contributed by atoms with Crippen LogP contribution in [0.3, 0.4) is 0 Å². The van der Waals surface area contributed by atoms with Gasteiger partial charge in [-0.1, -0.05) is 18.2 Å². The summed E-state index contributed by atoms with van der Waals surface area (Å²) < 4.78 is 16.1. The largest absolute Gasteiger partial charge is 0.490 e. The van der Waals surface area contributed by atoms with E-state index in [0.717, 1.165) is 5.56 Å². The molecule has 0 fully saturated rings. The van der Waals surface area contributed by atoms with Crippen LogP contribution in [0.25, 0.3) is 0 Å². The van der Waals surface area contributed by atoms with Crippen molar-refractivity contribution in [2.45, 2.75) is 39.3 Å². The summed E-state index contributed by atoms with van der Waals surface area (Å²) in [5.74, 6) is 0.281. The van der Waals surface area contributed by atoms with Crippen LogP contribution in [-0.4, -0.2) is 60.9 Å². The molecule has 0 aliphatic carbocycles. The SMILES string of the molecule is COCCOc1ccccc1C(=O)NCCCN(Cc1cccnc1)C(=O)OC(C)(C)C. The molecule has 1 N–H and O–H groups in total. The lowest BCUT2D eigenvalue weighted by Crippen LogP contribution is -2.38. The van der Waals surface area contributed by atoms with Gasteiger partial charge in [0.1, 0.15) is 18.0 Å². The van der Waals surface area contributed by atoms with E-state index in [-0.39, 0.29) is 5.91 Å². The maximum atomic E-state index is 12.7. The molecule has 0 bridgehead atoms. The number of carbonyl (C=O) groups is 2. The molecular weight excluding hydrogens is 410 g/mol. The zero-order valence-electron chi connectivity index (χ0n) is 19.3. The maximum Gasteiger partial charge on any atom is 0.410 e. The number of hydrogen-bond acceptors (Lipinski definition) is 6. The third-order valence-electron chi connectivity index (χ3n) is 4.31. The van der Waals surface area contributed by atoms with Crippen LogP contribution in [0.15, 0.2) is 48.8 Å². The molecule has 1 heterocycles. The van der Waals surface area contributed by atoms with Crippen LogP contribution in [0.1, 0.15) is 43.1 Å². The number of para-hydroxylation sites is 1. The molecule has 0 saturated heterocycles. The van der Waals surface area contributed by atoms with E-state index < -0.39 is 11.7 Å². The van der Waals surface area contributed by atoms with Crippen LogP contribution < -0.4 is 10.1 Å². The molecule has 32 heavy (non-hydrogen) atoms. The Morgan fingerprint density at radius 3 is 2.56 bits per heavy atom. The van der Waals surface area contributed by atoms with Gasteiger partial charge in [-0.15, -0.1) is 0 Å². The van der Waals surface area contributed by atoms with Gasteiger partial charge in [0.05, 0.1) is 18.7 Å². The zero-order valence-corrected chi connectivity index (χ0v) is 19.3. The second-order valence-corrected chi connectivity index (χ2v) is 8.21. The summed E-state index contributed by atoms with van der Waals surface area (Å²) in [5, 5.41) is 2.89. The van der Waals surface area contributed by atoms with Gasteiger partial charge in [-0.25, -0.2) is 4.79 Å². The Balaban J connectivity index is 1.92. The number of nitrogens with zero attached hydrogens (tertiary/aromatic N) is 2. The second-order valence-electron chi connectivity index (χ2n) is 8.21. The molecule has 0 radical (unpaired) electrons. The molecule has 2 aromatic rings. The molecule has 0 atom stereocenters. The van der Waals surface area contributed by atoms with Crippen LogP contribution in [0.4, 0.5) is 4.79 Å². The van der Waals surface area contributed by atoms with Gasteiger partial charge in [-0.05, 0) is 51.0 Å². The molecule has 8 heteroatoms. The number of benzene rings is 1. The quantitative estimate of drug-likeness (QED) is 0.533. The van der Waals surface area contributed by atoms with Crippen molar-refractivity contribution in [1.29, 1.82) is 0 Å². The summed E-state index contributed by atoms with van der Waals surface area (Å²) in [6, 6.07) is 10.8. The van der Waals surface area contributed by atoms with Crippen molar-refractivity contribution in [2.24, 2.45) is 0 Å². The fraction of sp³-hybridized carbons (Fsp3) is 0.458. The van der Waals surface area contributed by atoms with Gasteiger partial charge in [0.25, 0.3) is 5.91 Å². The highest BCUT2D eigenvalue weighted by atomic mass is 16.6. The lowest BCUT2D eigenvalue weighted by atomic mass is 10.2. The van der Waals surface area contributed by atoms with Crippen molar-refractivity contribution in [3.8, 4) is 5.75 Å². The van der Waals surface area contributed by atoms with Gasteiger partial charge in [-0.3, -0.25) is 9.78 Å². The first-order chi connectivity index (χ1) is 15.3. The summed E-state index contributed by atoms with van der Waals surface area (Å²) in [6.45, 7) is 7.51. The van der Waals surface area contributed by atoms with Gasteiger partial charge < -0.3 is 24.4 Å². The standard InChI is InChI=1S/C24H33N3O5/c1-24(2,3)32-23(29)27(18-19-9-7-12-25-17-19)14-8-13-26-22(28)20-10-5-6-11-21(20)31-16-15-30-4/h5-7,9-12,17H,8,13-16,18H2,1-4H3,(H,26,28). The Hall–Kier alpha value is -3.13. The number of nitrogens with one attached hydrogen (secondary N) is 1. The number of hydrogen-bond donors (Lipinski definition) is 1. The summed E-state index contributed by atoms with van der Waals surface area (Å²) in [5.41, 5.74) is 0.776. The molecule has 174 valence electrons. The smallest absolute Gasteiger partial charge is 0.410 e. The predicted molar refractivity (Wildman–Crippen MR) is 122 cm³/mol. The van der Waals surface area contributed by atoms with Crippen molar-refractivity contribution < 1.29 is 23.8 Å². The van der Waals surface area contributed by atoms with E-state index in [1.807, 2.05) is 39.0 Å². The Kier molecular flexibility index (Phi) is 9.94. The summed E-state index contributed by atoms with van der Waals surface area (Å²) >= 11 is 0. The van der Waals surface area contributed by atoms with Crippen LogP contribution in [0.2, 0.25) is 0 Å². The summed E-state index contributed by atoms with van der Waals surface area (Å²) in [6.07, 6.45) is 3.58. The fourth-order valence-electron chi connectivity index (χ4n) is 2.86. The summed E-state index contributed by atoms with van der Waals surface area (Å²) in [4.78, 5) is 31.0. The number of aromatic nitrogens is 1. The van der Waals surface area contributed by atoms with Crippen molar-refractivity contribution in [3.63, 3.8) is 0 Å².